The van der Waals surface area contributed by atoms with Crippen LogP contribution in [-0.4, -0.2) is 30.0 Å². The smallest absolute Gasteiger partial charge is 0.153 e. The van der Waals surface area contributed by atoms with Gasteiger partial charge in [0.25, 0.3) is 0 Å². The van der Waals surface area contributed by atoms with Gasteiger partial charge in [0.15, 0.2) is 6.10 Å². The lowest BCUT2D eigenvalue weighted by molar-refractivity contribution is 0.281. The summed E-state index contributed by atoms with van der Waals surface area (Å²) in [6.45, 7) is 4.47. The maximum absolute atomic E-state index is 5.89. The number of aliphatic imine (C=N–C) groups is 1. The van der Waals surface area contributed by atoms with Gasteiger partial charge in [-0.2, -0.15) is 0 Å². The van der Waals surface area contributed by atoms with E-state index >= 15 is 0 Å². The summed E-state index contributed by atoms with van der Waals surface area (Å²) in [5, 5.41) is 7.46. The topological polar surface area (TPSA) is 71.7 Å². The van der Waals surface area contributed by atoms with E-state index in [9.17, 15) is 0 Å². The number of rotatable bonds is 8. The molecule has 0 saturated heterocycles. The highest BCUT2D eigenvalue weighted by molar-refractivity contribution is 7.80. The highest BCUT2D eigenvalue weighted by Crippen LogP contribution is 2.32. The number of hydrogen-bond acceptors (Lipinski definition) is 5. The Bertz CT molecular complexity index is 854. The standard InChI is InChI=1S/C21H25ClN4OS/c1-14-20(23)26-18-12-15(4-9-19(18)27-14)13-24-10-2-3-11-25-21(28)16-5-7-17(22)8-6-16/h4-9,12,14,24H,2-3,10-11,13H2,1H3,(H2,23,26)(H,25,28). The zero-order valence-electron chi connectivity index (χ0n) is 15.9. The van der Waals surface area contributed by atoms with Gasteiger partial charge in [0.05, 0.1) is 0 Å². The predicted molar refractivity (Wildman–Crippen MR) is 120 cm³/mol. The third-order valence-corrected chi connectivity index (χ3v) is 5.13. The first-order valence-electron chi connectivity index (χ1n) is 9.41. The Kier molecular flexibility index (Phi) is 7.25. The largest absolute Gasteiger partial charge is 0.481 e. The Balaban J connectivity index is 1.33. The Morgan fingerprint density at radius 3 is 2.71 bits per heavy atom. The molecule has 0 fully saturated rings. The minimum atomic E-state index is -0.169. The quantitative estimate of drug-likeness (QED) is 0.449. The first-order valence-corrected chi connectivity index (χ1v) is 10.2. The van der Waals surface area contributed by atoms with E-state index in [4.69, 9.17) is 34.3 Å². The van der Waals surface area contributed by atoms with E-state index in [-0.39, 0.29) is 6.10 Å². The number of unbranched alkanes of at least 4 members (excludes halogenated alkanes) is 1. The van der Waals surface area contributed by atoms with E-state index in [2.05, 4.69) is 21.7 Å². The number of nitrogens with zero attached hydrogens (tertiary/aromatic N) is 1. The number of benzene rings is 2. The Hall–Kier alpha value is -2.15. The fourth-order valence-corrected chi connectivity index (χ4v) is 3.22. The summed E-state index contributed by atoms with van der Waals surface area (Å²) >= 11 is 11.3. The second kappa shape index (κ2) is 9.87. The van der Waals surface area contributed by atoms with Gasteiger partial charge in [0.1, 0.15) is 22.3 Å². The Morgan fingerprint density at radius 1 is 1.18 bits per heavy atom. The summed E-state index contributed by atoms with van der Waals surface area (Å²) in [7, 11) is 0. The molecule has 0 aliphatic carbocycles. The molecule has 148 valence electrons. The lowest BCUT2D eigenvalue weighted by atomic mass is 10.1. The van der Waals surface area contributed by atoms with Crippen LogP contribution in [0.15, 0.2) is 47.5 Å². The predicted octanol–water partition coefficient (Wildman–Crippen LogP) is 3.94. The summed E-state index contributed by atoms with van der Waals surface area (Å²) in [6, 6.07) is 13.6. The van der Waals surface area contributed by atoms with Gasteiger partial charge in [-0.05, 0) is 56.1 Å². The third-order valence-electron chi connectivity index (χ3n) is 4.49. The maximum Gasteiger partial charge on any atom is 0.153 e. The maximum atomic E-state index is 5.89. The minimum absolute atomic E-state index is 0.169. The van der Waals surface area contributed by atoms with Crippen LogP contribution in [0.4, 0.5) is 5.69 Å². The third kappa shape index (κ3) is 5.67. The number of fused-ring (bicyclic) bond motifs is 1. The molecule has 1 aliphatic heterocycles. The van der Waals surface area contributed by atoms with Crippen molar-refractivity contribution < 1.29 is 4.74 Å². The minimum Gasteiger partial charge on any atom is -0.481 e. The van der Waals surface area contributed by atoms with Crippen LogP contribution in [-0.2, 0) is 6.54 Å². The van der Waals surface area contributed by atoms with E-state index in [1.807, 2.05) is 43.3 Å². The zero-order chi connectivity index (χ0) is 19.9. The van der Waals surface area contributed by atoms with Crippen LogP contribution in [0.25, 0.3) is 0 Å². The van der Waals surface area contributed by atoms with Crippen molar-refractivity contribution in [3.05, 3.63) is 58.6 Å². The molecule has 1 heterocycles. The molecule has 1 aliphatic rings. The molecule has 2 aromatic rings. The summed E-state index contributed by atoms with van der Waals surface area (Å²) < 4.78 is 5.73. The van der Waals surface area contributed by atoms with Crippen LogP contribution in [0.3, 0.4) is 0 Å². The van der Waals surface area contributed by atoms with E-state index in [1.54, 1.807) is 0 Å². The van der Waals surface area contributed by atoms with Crippen molar-refractivity contribution in [3.8, 4) is 5.75 Å². The van der Waals surface area contributed by atoms with Crippen LogP contribution in [0, 0.1) is 0 Å². The average molecular weight is 417 g/mol. The van der Waals surface area contributed by atoms with Crippen molar-refractivity contribution in [3.63, 3.8) is 0 Å². The molecule has 0 spiro atoms. The monoisotopic (exact) mass is 416 g/mol. The van der Waals surface area contributed by atoms with Gasteiger partial charge < -0.3 is 21.1 Å². The van der Waals surface area contributed by atoms with Gasteiger partial charge >= 0.3 is 0 Å². The molecule has 7 heteroatoms. The molecule has 1 unspecified atom stereocenters. The number of hydrogen-bond donors (Lipinski definition) is 3. The zero-order valence-corrected chi connectivity index (χ0v) is 17.4. The SMILES string of the molecule is CC1Oc2ccc(CNCCCCNC(=S)c3ccc(Cl)cc3)cc2N=C1N. The van der Waals surface area contributed by atoms with E-state index in [0.717, 1.165) is 60.0 Å². The fourth-order valence-electron chi connectivity index (χ4n) is 2.85. The Labute approximate surface area is 176 Å². The molecule has 0 bridgehead atoms. The van der Waals surface area contributed by atoms with E-state index in [0.29, 0.717) is 10.9 Å². The van der Waals surface area contributed by atoms with Gasteiger partial charge in [-0.3, -0.25) is 0 Å². The van der Waals surface area contributed by atoms with Crippen molar-refractivity contribution in [2.24, 2.45) is 10.7 Å². The summed E-state index contributed by atoms with van der Waals surface area (Å²) in [4.78, 5) is 5.18. The first-order chi connectivity index (χ1) is 13.5. The number of amidine groups is 1. The number of halogens is 1. The molecule has 3 rings (SSSR count). The van der Waals surface area contributed by atoms with Crippen molar-refractivity contribution in [2.45, 2.75) is 32.4 Å². The molecule has 0 aromatic heterocycles. The molecule has 0 radical (unpaired) electrons. The van der Waals surface area contributed by atoms with E-state index < -0.39 is 0 Å². The molecule has 0 amide bonds. The lowest BCUT2D eigenvalue weighted by Crippen LogP contribution is -2.33. The molecule has 28 heavy (non-hydrogen) atoms. The van der Waals surface area contributed by atoms with Crippen molar-refractivity contribution in [2.75, 3.05) is 13.1 Å². The number of nitrogens with one attached hydrogen (secondary N) is 2. The molecule has 2 aromatic carbocycles. The van der Waals surface area contributed by atoms with Gasteiger partial charge in [-0.25, -0.2) is 4.99 Å². The van der Waals surface area contributed by atoms with E-state index in [1.165, 1.54) is 0 Å². The van der Waals surface area contributed by atoms with Gasteiger partial charge in [0.2, 0.25) is 0 Å². The van der Waals surface area contributed by atoms with Gasteiger partial charge in [0, 0.05) is 23.7 Å². The van der Waals surface area contributed by atoms with Crippen molar-refractivity contribution >= 4 is 40.3 Å². The molecular formula is C21H25ClN4OS. The summed E-state index contributed by atoms with van der Waals surface area (Å²) in [5.74, 6) is 1.30. The average Bonchev–Trinajstić information content (AvgIpc) is 2.68. The number of thiocarbonyl (C=S) groups is 1. The second-order valence-electron chi connectivity index (χ2n) is 6.75. The highest BCUT2D eigenvalue weighted by Gasteiger charge is 2.18. The number of ether oxygens (including phenoxy) is 1. The van der Waals surface area contributed by atoms with Crippen LogP contribution >= 0.6 is 23.8 Å². The molecule has 1 atom stereocenters. The Morgan fingerprint density at radius 2 is 1.93 bits per heavy atom. The fraction of sp³-hybridized carbons (Fsp3) is 0.333. The first kappa shape index (κ1) is 20.6. The van der Waals surface area contributed by atoms with Crippen LogP contribution in [0.1, 0.15) is 30.9 Å². The van der Waals surface area contributed by atoms with Crippen molar-refractivity contribution in [1.82, 2.24) is 10.6 Å². The van der Waals surface area contributed by atoms with Crippen LogP contribution < -0.4 is 21.1 Å². The summed E-state index contributed by atoms with van der Waals surface area (Å²) in [5.41, 5.74) is 8.82. The normalized spacial score (nSPS) is 15.4. The molecule has 4 N–H and O–H groups in total. The highest BCUT2D eigenvalue weighted by atomic mass is 35.5. The van der Waals surface area contributed by atoms with Gasteiger partial charge in [-0.15, -0.1) is 0 Å². The molecule has 0 saturated carbocycles. The number of nitrogens with two attached hydrogens (primary N) is 1. The van der Waals surface area contributed by atoms with Crippen LogP contribution in [0.2, 0.25) is 5.02 Å². The molecular weight excluding hydrogens is 392 g/mol. The summed E-state index contributed by atoms with van der Waals surface area (Å²) in [6.07, 6.45) is 1.93. The molecule has 5 nitrogen and oxygen atoms in total. The van der Waals surface area contributed by atoms with Gasteiger partial charge in [-0.1, -0.05) is 42.0 Å². The van der Waals surface area contributed by atoms with Crippen molar-refractivity contribution in [1.29, 1.82) is 0 Å². The second-order valence-corrected chi connectivity index (χ2v) is 7.59. The van der Waals surface area contributed by atoms with Crippen LogP contribution in [0.5, 0.6) is 5.75 Å². The lowest BCUT2D eigenvalue weighted by Gasteiger charge is -2.21.